The van der Waals surface area contributed by atoms with Gasteiger partial charge in [-0.1, -0.05) is 72.8 Å². The molecule has 4 nitrogen and oxygen atoms in total. The van der Waals surface area contributed by atoms with Crippen LogP contribution in [0.2, 0.25) is 0 Å². The molecule has 0 aromatic heterocycles. The van der Waals surface area contributed by atoms with E-state index < -0.39 is 0 Å². The fraction of sp³-hybridized carbons (Fsp3) is 0.296. The fourth-order valence-electron chi connectivity index (χ4n) is 4.45. The molecule has 1 aliphatic rings. The van der Waals surface area contributed by atoms with Crippen molar-refractivity contribution < 1.29 is 9.53 Å². The zero-order valence-electron chi connectivity index (χ0n) is 18.3. The second-order valence-electron chi connectivity index (χ2n) is 8.12. The van der Waals surface area contributed by atoms with E-state index in [0.29, 0.717) is 6.42 Å². The number of benzene rings is 3. The highest BCUT2D eigenvalue weighted by molar-refractivity contribution is 5.79. The van der Waals surface area contributed by atoms with E-state index in [1.165, 1.54) is 11.1 Å². The smallest absolute Gasteiger partial charge is 0.227 e. The lowest BCUT2D eigenvalue weighted by Gasteiger charge is -2.40. The van der Waals surface area contributed by atoms with Gasteiger partial charge in [-0.05, 0) is 35.2 Å². The number of amides is 1. The second-order valence-corrected chi connectivity index (χ2v) is 8.12. The van der Waals surface area contributed by atoms with Gasteiger partial charge in [0.1, 0.15) is 5.75 Å². The molecule has 1 fully saturated rings. The maximum Gasteiger partial charge on any atom is 0.227 e. The Morgan fingerprint density at radius 2 is 1.45 bits per heavy atom. The van der Waals surface area contributed by atoms with Crippen LogP contribution in [0.5, 0.6) is 5.75 Å². The lowest BCUT2D eigenvalue weighted by atomic mass is 9.96. The van der Waals surface area contributed by atoms with E-state index in [-0.39, 0.29) is 11.9 Å². The van der Waals surface area contributed by atoms with E-state index in [4.69, 9.17) is 4.74 Å². The zero-order chi connectivity index (χ0) is 21.6. The van der Waals surface area contributed by atoms with Crippen LogP contribution in [0.1, 0.15) is 28.3 Å². The molecule has 4 heteroatoms. The molecule has 1 heterocycles. The number of nitrogens with zero attached hydrogens (tertiary/aromatic N) is 2. The predicted octanol–water partition coefficient (Wildman–Crippen LogP) is 4.48. The topological polar surface area (TPSA) is 32.8 Å². The van der Waals surface area contributed by atoms with Gasteiger partial charge in [0, 0.05) is 26.2 Å². The summed E-state index contributed by atoms with van der Waals surface area (Å²) >= 11 is 0. The predicted molar refractivity (Wildman–Crippen MR) is 124 cm³/mol. The minimum Gasteiger partial charge on any atom is -0.496 e. The Bertz CT molecular complexity index is 957. The largest absolute Gasteiger partial charge is 0.496 e. The molecule has 0 unspecified atom stereocenters. The summed E-state index contributed by atoms with van der Waals surface area (Å²) < 4.78 is 5.33. The first-order valence-electron chi connectivity index (χ1n) is 10.9. The number of aryl methyl sites for hydroxylation is 1. The zero-order valence-corrected chi connectivity index (χ0v) is 18.3. The van der Waals surface area contributed by atoms with Crippen molar-refractivity contribution in [3.8, 4) is 5.75 Å². The number of carbonyl (C=O) groups is 1. The summed E-state index contributed by atoms with van der Waals surface area (Å²) in [5.74, 6) is 1.05. The highest BCUT2D eigenvalue weighted by Gasteiger charge is 2.28. The third-order valence-corrected chi connectivity index (χ3v) is 6.08. The molecule has 3 aromatic rings. The standard InChI is InChI=1S/C27H30N2O2/c1-21-19-22(13-14-25(21)31-2)20-26(30)28-15-17-29(18-16-28)27(23-9-5-3-6-10-23)24-11-7-4-8-12-24/h3-14,19,27H,15-18,20H2,1-2H3. The molecule has 3 aromatic carbocycles. The molecule has 1 aliphatic heterocycles. The summed E-state index contributed by atoms with van der Waals surface area (Å²) in [6, 6.07) is 27.5. The highest BCUT2D eigenvalue weighted by Crippen LogP contribution is 2.29. The first-order chi connectivity index (χ1) is 15.2. The molecule has 160 valence electrons. The summed E-state index contributed by atoms with van der Waals surface area (Å²) in [7, 11) is 1.67. The molecule has 0 saturated carbocycles. The maximum atomic E-state index is 12.9. The highest BCUT2D eigenvalue weighted by atomic mass is 16.5. The van der Waals surface area contributed by atoms with Gasteiger partial charge < -0.3 is 9.64 Å². The first kappa shape index (κ1) is 21.1. The molecule has 4 rings (SSSR count). The van der Waals surface area contributed by atoms with Crippen LogP contribution in [-0.4, -0.2) is 49.0 Å². The van der Waals surface area contributed by atoms with Crippen molar-refractivity contribution in [2.45, 2.75) is 19.4 Å². The second kappa shape index (κ2) is 9.80. The number of methoxy groups -OCH3 is 1. The third-order valence-electron chi connectivity index (χ3n) is 6.08. The van der Waals surface area contributed by atoms with Crippen LogP contribution >= 0.6 is 0 Å². The van der Waals surface area contributed by atoms with Crippen molar-refractivity contribution in [2.24, 2.45) is 0 Å². The molecule has 1 amide bonds. The summed E-state index contributed by atoms with van der Waals surface area (Å²) in [4.78, 5) is 17.4. The molecule has 0 bridgehead atoms. The quantitative estimate of drug-likeness (QED) is 0.596. The van der Waals surface area contributed by atoms with Gasteiger partial charge in [-0.3, -0.25) is 9.69 Å². The number of rotatable bonds is 6. The van der Waals surface area contributed by atoms with E-state index in [0.717, 1.165) is 43.1 Å². The van der Waals surface area contributed by atoms with Gasteiger partial charge in [-0.25, -0.2) is 0 Å². The van der Waals surface area contributed by atoms with Crippen LogP contribution in [0.3, 0.4) is 0 Å². The van der Waals surface area contributed by atoms with Crippen LogP contribution < -0.4 is 4.74 Å². The molecule has 0 atom stereocenters. The van der Waals surface area contributed by atoms with Gasteiger partial charge >= 0.3 is 0 Å². The number of ether oxygens (including phenoxy) is 1. The van der Waals surface area contributed by atoms with Crippen LogP contribution in [-0.2, 0) is 11.2 Å². The number of carbonyl (C=O) groups excluding carboxylic acids is 1. The van der Waals surface area contributed by atoms with E-state index in [2.05, 4.69) is 65.6 Å². The number of hydrogen-bond donors (Lipinski definition) is 0. The molecular formula is C27H30N2O2. The minimum absolute atomic E-state index is 0.195. The van der Waals surface area contributed by atoms with Gasteiger partial charge in [-0.15, -0.1) is 0 Å². The number of piperazine rings is 1. The van der Waals surface area contributed by atoms with Gasteiger partial charge in [0.05, 0.1) is 19.6 Å². The summed E-state index contributed by atoms with van der Waals surface area (Å²) in [5.41, 5.74) is 4.69. The van der Waals surface area contributed by atoms with Crippen LogP contribution in [0.4, 0.5) is 0 Å². The fourth-order valence-corrected chi connectivity index (χ4v) is 4.45. The summed E-state index contributed by atoms with van der Waals surface area (Å²) in [5, 5.41) is 0. The summed E-state index contributed by atoms with van der Waals surface area (Å²) in [6.07, 6.45) is 0.436. The molecular weight excluding hydrogens is 384 g/mol. The van der Waals surface area contributed by atoms with Gasteiger partial charge in [0.15, 0.2) is 0 Å². The SMILES string of the molecule is COc1ccc(CC(=O)N2CCN(C(c3ccccc3)c3ccccc3)CC2)cc1C. The molecule has 1 saturated heterocycles. The average molecular weight is 415 g/mol. The lowest BCUT2D eigenvalue weighted by Crippen LogP contribution is -2.50. The molecule has 0 aliphatic carbocycles. The molecule has 0 N–H and O–H groups in total. The van der Waals surface area contributed by atoms with E-state index in [9.17, 15) is 4.79 Å². The van der Waals surface area contributed by atoms with Crippen LogP contribution in [0.25, 0.3) is 0 Å². The maximum absolute atomic E-state index is 12.9. The Hall–Kier alpha value is -3.11. The lowest BCUT2D eigenvalue weighted by molar-refractivity contribution is -0.132. The van der Waals surface area contributed by atoms with E-state index in [1.54, 1.807) is 7.11 Å². The van der Waals surface area contributed by atoms with Crippen molar-refractivity contribution in [1.82, 2.24) is 9.80 Å². The van der Waals surface area contributed by atoms with Crippen LogP contribution in [0, 0.1) is 6.92 Å². The van der Waals surface area contributed by atoms with E-state index >= 15 is 0 Å². The van der Waals surface area contributed by atoms with Crippen molar-refractivity contribution in [3.63, 3.8) is 0 Å². The van der Waals surface area contributed by atoms with Crippen LogP contribution in [0.15, 0.2) is 78.9 Å². The van der Waals surface area contributed by atoms with Gasteiger partial charge in [-0.2, -0.15) is 0 Å². The third kappa shape index (κ3) is 4.97. The van der Waals surface area contributed by atoms with E-state index in [1.807, 2.05) is 30.0 Å². The normalized spacial score (nSPS) is 14.6. The molecule has 31 heavy (non-hydrogen) atoms. The monoisotopic (exact) mass is 414 g/mol. The van der Waals surface area contributed by atoms with Crippen molar-refractivity contribution in [2.75, 3.05) is 33.3 Å². The van der Waals surface area contributed by atoms with Gasteiger partial charge in [0.25, 0.3) is 0 Å². The Balaban J connectivity index is 1.43. The Kier molecular flexibility index (Phi) is 6.68. The molecule has 0 radical (unpaired) electrons. The average Bonchev–Trinajstić information content (AvgIpc) is 2.81. The Labute approximate surface area is 185 Å². The Morgan fingerprint density at radius 3 is 1.97 bits per heavy atom. The summed E-state index contributed by atoms with van der Waals surface area (Å²) in [6.45, 7) is 5.25. The van der Waals surface area contributed by atoms with Crippen molar-refractivity contribution >= 4 is 5.91 Å². The van der Waals surface area contributed by atoms with Gasteiger partial charge in [0.2, 0.25) is 5.91 Å². The molecule has 0 spiro atoms. The van der Waals surface area contributed by atoms with Crippen molar-refractivity contribution in [3.05, 3.63) is 101 Å². The first-order valence-corrected chi connectivity index (χ1v) is 10.9. The van der Waals surface area contributed by atoms with Crippen molar-refractivity contribution in [1.29, 1.82) is 0 Å². The minimum atomic E-state index is 0.195. The Morgan fingerprint density at radius 1 is 0.871 bits per heavy atom. The number of hydrogen-bond acceptors (Lipinski definition) is 3.